The van der Waals surface area contributed by atoms with Gasteiger partial charge in [0.25, 0.3) is 0 Å². The summed E-state index contributed by atoms with van der Waals surface area (Å²) in [6.45, 7) is 8.90. The van der Waals surface area contributed by atoms with Gasteiger partial charge in [-0.25, -0.2) is 9.97 Å². The van der Waals surface area contributed by atoms with Crippen LogP contribution < -0.4 is 4.90 Å². The van der Waals surface area contributed by atoms with Gasteiger partial charge in [-0.3, -0.25) is 4.90 Å². The van der Waals surface area contributed by atoms with Gasteiger partial charge in [0.15, 0.2) is 7.98 Å². The van der Waals surface area contributed by atoms with Crippen molar-refractivity contribution < 1.29 is 0 Å². The largest absolute Gasteiger partial charge is 0.357 e. The maximum Gasteiger partial charge on any atom is 0.183 e. The Morgan fingerprint density at radius 3 is 1.76 bits per heavy atom. The molecular formula is C37H44BN7. The average Bonchev–Trinajstić information content (AvgIpc) is 3.85. The summed E-state index contributed by atoms with van der Waals surface area (Å²) in [4.78, 5) is 24.3. The van der Waals surface area contributed by atoms with E-state index in [1.165, 1.54) is 35.2 Å². The Bertz CT molecular complexity index is 1730. The summed E-state index contributed by atoms with van der Waals surface area (Å²) in [5.74, 6) is 2.08. The fourth-order valence-corrected chi connectivity index (χ4v) is 8.12. The molecule has 7 nitrogen and oxygen atoms in total. The Morgan fingerprint density at radius 1 is 0.689 bits per heavy atom. The predicted molar refractivity (Wildman–Crippen MR) is 184 cm³/mol. The summed E-state index contributed by atoms with van der Waals surface area (Å²) in [7, 11) is 8.49. The lowest BCUT2D eigenvalue weighted by Crippen LogP contribution is -2.26. The molecule has 4 unspecified atom stereocenters. The summed E-state index contributed by atoms with van der Waals surface area (Å²) in [5, 5.41) is 0. The summed E-state index contributed by atoms with van der Waals surface area (Å²) >= 11 is 0. The lowest BCUT2D eigenvalue weighted by molar-refractivity contribution is 0.307. The van der Waals surface area contributed by atoms with Crippen molar-refractivity contribution in [1.82, 2.24) is 29.6 Å². The number of likely N-dealkylation sites (tertiary alicyclic amines) is 1. The van der Waals surface area contributed by atoms with E-state index in [0.717, 1.165) is 72.5 Å². The number of hydrogen-bond acceptors (Lipinski definition) is 5. The molecular weight excluding hydrogens is 553 g/mol. The normalized spacial score (nSPS) is 24.9. The van der Waals surface area contributed by atoms with Gasteiger partial charge in [0.05, 0.1) is 46.2 Å². The molecule has 3 saturated heterocycles. The van der Waals surface area contributed by atoms with E-state index in [2.05, 4.69) is 108 Å². The zero-order valence-electron chi connectivity index (χ0n) is 27.1. The third-order valence-corrected chi connectivity index (χ3v) is 10.7. The fourth-order valence-electron chi connectivity index (χ4n) is 8.12. The van der Waals surface area contributed by atoms with E-state index >= 15 is 0 Å². The minimum atomic E-state index is 0.112. The highest BCUT2D eigenvalue weighted by molar-refractivity contribution is 6.04. The van der Waals surface area contributed by atoms with Crippen LogP contribution in [0.4, 0.5) is 5.69 Å². The van der Waals surface area contributed by atoms with Crippen molar-refractivity contribution in [2.75, 3.05) is 25.0 Å². The highest BCUT2D eigenvalue weighted by atomic mass is 15.2. The van der Waals surface area contributed by atoms with Gasteiger partial charge in [0, 0.05) is 5.69 Å². The van der Waals surface area contributed by atoms with E-state index < -0.39 is 0 Å². The van der Waals surface area contributed by atoms with Gasteiger partial charge in [-0.1, -0.05) is 45.0 Å². The Morgan fingerprint density at radius 2 is 1.24 bits per heavy atom. The van der Waals surface area contributed by atoms with Crippen molar-refractivity contribution in [2.45, 2.75) is 88.9 Å². The Labute approximate surface area is 267 Å². The van der Waals surface area contributed by atoms with Crippen molar-refractivity contribution in [3.05, 3.63) is 89.0 Å². The number of anilines is 1. The number of benzene rings is 3. The molecule has 8 rings (SSSR count). The van der Waals surface area contributed by atoms with Gasteiger partial charge in [-0.2, -0.15) is 0 Å². The van der Waals surface area contributed by atoms with Crippen molar-refractivity contribution in [3.63, 3.8) is 0 Å². The molecule has 8 heteroatoms. The molecule has 0 saturated carbocycles. The maximum absolute atomic E-state index is 6.28. The molecule has 2 N–H and O–H groups in total. The summed E-state index contributed by atoms with van der Waals surface area (Å²) in [6, 6.07) is 24.0. The Balaban J connectivity index is 1.16. The van der Waals surface area contributed by atoms with E-state index in [0.29, 0.717) is 6.04 Å². The molecule has 3 aliphatic heterocycles. The van der Waals surface area contributed by atoms with Crippen LogP contribution in [0.5, 0.6) is 0 Å². The van der Waals surface area contributed by atoms with Crippen molar-refractivity contribution >= 4 is 35.7 Å². The number of H-pyrrole nitrogens is 2. The van der Waals surface area contributed by atoms with Crippen LogP contribution in [0.1, 0.15) is 112 Å². The van der Waals surface area contributed by atoms with Crippen LogP contribution in [0.15, 0.2) is 60.7 Å². The van der Waals surface area contributed by atoms with Gasteiger partial charge >= 0.3 is 0 Å². The topological polar surface area (TPSA) is 67.1 Å². The first kappa shape index (κ1) is 28.8. The smallest absolute Gasteiger partial charge is 0.183 e. The van der Waals surface area contributed by atoms with Crippen LogP contribution in [0.25, 0.3) is 22.1 Å². The molecule has 2 radical (unpaired) electrons. The zero-order valence-corrected chi connectivity index (χ0v) is 27.1. The molecule has 3 fully saturated rings. The zero-order chi connectivity index (χ0) is 30.9. The Hall–Kier alpha value is -3.62. The minimum absolute atomic E-state index is 0.112. The standard InChI is InChI=1S/C37H44BN7/c1-37(2,3)25-11-13-26(14-12-25)45-31(23-9-15-27-29(21-23)41-35(39-27)33-7-5-19-43(33)4)17-18-32(45)24-10-16-28-30(22-24)42-36(40-28)34-8-6-20-44(34)38/h9-16,21-22,31-34H,5-8,17-20H2,1-4H3,(H,39,41)(H,40,42). The quantitative estimate of drug-likeness (QED) is 0.202. The maximum atomic E-state index is 6.28. The van der Waals surface area contributed by atoms with Gasteiger partial charge in [0.2, 0.25) is 0 Å². The number of imidazole rings is 2. The Kier molecular flexibility index (Phi) is 7.06. The molecule has 0 amide bonds. The highest BCUT2D eigenvalue weighted by Gasteiger charge is 2.36. The molecule has 2 aromatic heterocycles. The molecule has 230 valence electrons. The molecule has 0 aliphatic carbocycles. The SMILES string of the molecule is [B]N1CCCC1c1nc2ccc(C3CCC(c4ccc5nc(C6CCCN6C)[nH]c5c4)N3c3ccc(C(C)(C)C)cc3)cc2[nH]1. The molecule has 0 spiro atoms. The van der Waals surface area contributed by atoms with E-state index in [4.69, 9.17) is 17.9 Å². The van der Waals surface area contributed by atoms with E-state index in [1.54, 1.807) is 0 Å². The molecule has 45 heavy (non-hydrogen) atoms. The molecule has 5 heterocycles. The second kappa shape index (κ2) is 11.0. The predicted octanol–water partition coefficient (Wildman–Crippen LogP) is 7.81. The van der Waals surface area contributed by atoms with Crippen LogP contribution in [0.3, 0.4) is 0 Å². The first-order valence-corrected chi connectivity index (χ1v) is 16.8. The molecule has 0 bridgehead atoms. The number of nitrogens with one attached hydrogen (secondary N) is 2. The third-order valence-electron chi connectivity index (χ3n) is 10.7. The minimum Gasteiger partial charge on any atom is -0.357 e. The number of aromatic nitrogens is 4. The molecule has 4 atom stereocenters. The average molecular weight is 598 g/mol. The van der Waals surface area contributed by atoms with Crippen LogP contribution in [0.2, 0.25) is 0 Å². The van der Waals surface area contributed by atoms with Gasteiger partial charge in [-0.05, 0) is 117 Å². The van der Waals surface area contributed by atoms with Crippen LogP contribution in [-0.4, -0.2) is 57.8 Å². The van der Waals surface area contributed by atoms with E-state index in [9.17, 15) is 0 Å². The number of rotatable bonds is 5. The van der Waals surface area contributed by atoms with Crippen LogP contribution in [0, 0.1) is 0 Å². The second-order valence-corrected chi connectivity index (χ2v) is 14.6. The summed E-state index contributed by atoms with van der Waals surface area (Å²) in [5.41, 5.74) is 9.71. The monoisotopic (exact) mass is 597 g/mol. The molecule has 5 aromatic rings. The van der Waals surface area contributed by atoms with Crippen LogP contribution in [-0.2, 0) is 5.41 Å². The van der Waals surface area contributed by atoms with Crippen LogP contribution >= 0.6 is 0 Å². The lowest BCUT2D eigenvalue weighted by atomic mass is 9.87. The van der Waals surface area contributed by atoms with Gasteiger partial charge in [-0.15, -0.1) is 0 Å². The summed E-state index contributed by atoms with van der Waals surface area (Å²) < 4.78 is 0. The highest BCUT2D eigenvalue weighted by Crippen LogP contribution is 2.48. The van der Waals surface area contributed by atoms with Gasteiger partial charge in [0.1, 0.15) is 11.6 Å². The van der Waals surface area contributed by atoms with Crippen molar-refractivity contribution in [1.29, 1.82) is 0 Å². The van der Waals surface area contributed by atoms with Crippen molar-refractivity contribution in [2.24, 2.45) is 0 Å². The van der Waals surface area contributed by atoms with E-state index in [-0.39, 0.29) is 23.5 Å². The van der Waals surface area contributed by atoms with Crippen molar-refractivity contribution in [3.8, 4) is 0 Å². The third kappa shape index (κ3) is 5.16. The fraction of sp³-hybridized carbons (Fsp3) is 0.459. The first-order chi connectivity index (χ1) is 21.7. The number of fused-ring (bicyclic) bond motifs is 2. The summed E-state index contributed by atoms with van der Waals surface area (Å²) in [6.07, 6.45) is 6.72. The number of aromatic amines is 2. The lowest BCUT2D eigenvalue weighted by Gasteiger charge is -2.34. The number of nitrogens with zero attached hydrogens (tertiary/aromatic N) is 5. The van der Waals surface area contributed by atoms with Gasteiger partial charge < -0.3 is 19.7 Å². The second-order valence-electron chi connectivity index (χ2n) is 14.6. The molecule has 3 aliphatic rings. The molecule has 3 aromatic carbocycles. The van der Waals surface area contributed by atoms with E-state index in [1.807, 2.05) is 4.81 Å². The first-order valence-electron chi connectivity index (χ1n) is 16.8. The number of hydrogen-bond donors (Lipinski definition) is 2.